The number of allylic oxidation sites excluding steroid dienone is 5. The molecule has 0 bridgehead atoms. The van der Waals surface area contributed by atoms with Crippen LogP contribution in [-0.2, 0) is 22.7 Å². The molecule has 0 amide bonds. The topological polar surface area (TPSA) is 46.2 Å². The molecule has 1 N–H and O–H groups in total. The molecule has 3 aliphatic rings. The summed E-state index contributed by atoms with van der Waals surface area (Å²) in [6, 6.07) is 21.6. The van der Waals surface area contributed by atoms with Gasteiger partial charge in [-0.2, -0.15) is 0 Å². The number of nitrogens with one attached hydrogen (secondary N) is 1. The molecule has 3 aromatic carbocycles. The fraction of sp³-hybridized carbons (Fsp3) is 0.188. The monoisotopic (exact) mass is 493 g/mol. The van der Waals surface area contributed by atoms with E-state index >= 15 is 0 Å². The van der Waals surface area contributed by atoms with Crippen LogP contribution in [0.25, 0.3) is 16.0 Å². The van der Waals surface area contributed by atoms with Crippen molar-refractivity contribution in [2.45, 2.75) is 43.4 Å². The fourth-order valence-electron chi connectivity index (χ4n) is 5.36. The van der Waals surface area contributed by atoms with Gasteiger partial charge in [0.15, 0.2) is 0 Å². The highest BCUT2D eigenvalue weighted by Gasteiger charge is 2.33. The summed E-state index contributed by atoms with van der Waals surface area (Å²) in [5.41, 5.74) is 7.48. The van der Waals surface area contributed by atoms with E-state index in [0.717, 1.165) is 31.2 Å². The number of aryl methyl sites for hydroxylation is 1. The molecule has 6 rings (SSSR count). The number of fused-ring (bicyclic) bond motifs is 5. The minimum Gasteiger partial charge on any atom is -0.368 e. The van der Waals surface area contributed by atoms with Crippen LogP contribution in [0.15, 0.2) is 114 Å². The number of rotatable bonds is 3. The van der Waals surface area contributed by atoms with Crippen molar-refractivity contribution in [2.75, 3.05) is 0 Å². The van der Waals surface area contributed by atoms with E-state index in [1.807, 2.05) is 54.9 Å². The summed E-state index contributed by atoms with van der Waals surface area (Å²) in [6.07, 6.45) is 17.3. The van der Waals surface area contributed by atoms with Gasteiger partial charge in [-0.3, -0.25) is 0 Å². The Labute approximate surface area is 214 Å². The molecule has 1 unspecified atom stereocenters. The van der Waals surface area contributed by atoms with Crippen LogP contribution in [0.1, 0.15) is 47.9 Å². The maximum atomic E-state index is 13.4. The molecule has 0 aromatic heterocycles. The van der Waals surface area contributed by atoms with Crippen molar-refractivity contribution in [1.82, 2.24) is 5.32 Å². The van der Waals surface area contributed by atoms with Crippen molar-refractivity contribution in [1.29, 1.82) is 0 Å². The van der Waals surface area contributed by atoms with Gasteiger partial charge in [0, 0.05) is 12.4 Å². The SMILES string of the molecule is C1=CC=CNC=C1.CCC1CC=C(S(=O)(=O)c2ccccc2)c2ccc3c(c21)CCc1ccccc1-3. The molecule has 3 nitrogen and oxygen atoms in total. The normalized spacial score (nSPS) is 17.4. The second-order valence-electron chi connectivity index (χ2n) is 9.21. The number of hydrogen-bond acceptors (Lipinski definition) is 3. The summed E-state index contributed by atoms with van der Waals surface area (Å²) in [6.45, 7) is 2.20. The maximum absolute atomic E-state index is 13.4. The lowest BCUT2D eigenvalue weighted by molar-refractivity contribution is 0.604. The smallest absolute Gasteiger partial charge is 0.206 e. The van der Waals surface area contributed by atoms with E-state index in [1.165, 1.54) is 27.8 Å². The van der Waals surface area contributed by atoms with Gasteiger partial charge in [-0.05, 0) is 89.3 Å². The summed E-state index contributed by atoms with van der Waals surface area (Å²) in [5, 5.41) is 2.92. The number of benzene rings is 3. The molecule has 0 spiro atoms. The molecule has 3 aromatic rings. The summed E-state index contributed by atoms with van der Waals surface area (Å²) in [7, 11) is -3.53. The second-order valence-corrected chi connectivity index (χ2v) is 11.1. The molecule has 0 fully saturated rings. The maximum Gasteiger partial charge on any atom is 0.206 e. The molecular weight excluding hydrogens is 462 g/mol. The van der Waals surface area contributed by atoms with Crippen molar-refractivity contribution in [2.24, 2.45) is 0 Å². The van der Waals surface area contributed by atoms with Gasteiger partial charge in [0.2, 0.25) is 9.84 Å². The van der Waals surface area contributed by atoms with Crippen LogP contribution >= 0.6 is 0 Å². The van der Waals surface area contributed by atoms with E-state index in [-0.39, 0.29) is 0 Å². The van der Waals surface area contributed by atoms with Crippen molar-refractivity contribution >= 4 is 14.7 Å². The molecule has 1 atom stereocenters. The Balaban J connectivity index is 0.000000330. The lowest BCUT2D eigenvalue weighted by atomic mass is 9.75. The van der Waals surface area contributed by atoms with Gasteiger partial charge in [-0.1, -0.05) is 79.7 Å². The predicted molar refractivity (Wildman–Crippen MR) is 149 cm³/mol. The van der Waals surface area contributed by atoms with Crippen LogP contribution in [0.3, 0.4) is 0 Å². The molecule has 1 heterocycles. The summed E-state index contributed by atoms with van der Waals surface area (Å²) >= 11 is 0. The third kappa shape index (κ3) is 4.61. The predicted octanol–water partition coefficient (Wildman–Crippen LogP) is 7.34. The minimum absolute atomic E-state index is 0.371. The molecular formula is C32H31NO2S. The standard InChI is InChI=1S/C26H24O2S.C6H7N/c1-2-18-13-17-25(29(27,28)20-9-4-3-5-10-20)24-16-15-22-21-11-7-6-8-19(21)12-14-23(22)26(18)24;1-2-4-6-7-5-3-1/h3-11,15-18H,2,12-14H2,1H3;1-7H. The average molecular weight is 494 g/mol. The third-order valence-corrected chi connectivity index (χ3v) is 8.98. The molecule has 1 aliphatic heterocycles. The van der Waals surface area contributed by atoms with Crippen LogP contribution in [0, 0.1) is 0 Å². The van der Waals surface area contributed by atoms with Crippen LogP contribution in [0.4, 0.5) is 0 Å². The Morgan fingerprint density at radius 3 is 2.22 bits per heavy atom. The number of hydrogen-bond donors (Lipinski definition) is 1. The van der Waals surface area contributed by atoms with Crippen LogP contribution in [0.2, 0.25) is 0 Å². The van der Waals surface area contributed by atoms with Crippen molar-refractivity contribution in [3.05, 3.63) is 132 Å². The lowest BCUT2D eigenvalue weighted by Gasteiger charge is -2.31. The van der Waals surface area contributed by atoms with Crippen molar-refractivity contribution in [3.63, 3.8) is 0 Å². The zero-order valence-electron chi connectivity index (χ0n) is 20.5. The Hall–Kier alpha value is -3.63. The molecule has 182 valence electrons. The first kappa shape index (κ1) is 24.1. The van der Waals surface area contributed by atoms with Crippen molar-refractivity contribution < 1.29 is 8.42 Å². The zero-order chi connectivity index (χ0) is 25.0. The van der Waals surface area contributed by atoms with Gasteiger partial charge < -0.3 is 5.32 Å². The Kier molecular flexibility index (Phi) is 7.06. The largest absolute Gasteiger partial charge is 0.368 e. The van der Waals surface area contributed by atoms with Gasteiger partial charge >= 0.3 is 0 Å². The first-order valence-electron chi connectivity index (χ1n) is 12.6. The average Bonchev–Trinajstić information content (AvgIpc) is 3.26. The molecule has 2 aliphatic carbocycles. The highest BCUT2D eigenvalue weighted by Crippen LogP contribution is 2.46. The van der Waals surface area contributed by atoms with Gasteiger partial charge in [0.05, 0.1) is 9.80 Å². The van der Waals surface area contributed by atoms with Gasteiger partial charge in [0.1, 0.15) is 0 Å². The lowest BCUT2D eigenvalue weighted by Crippen LogP contribution is -2.17. The highest BCUT2D eigenvalue weighted by molar-refractivity contribution is 8.00. The van der Waals surface area contributed by atoms with E-state index in [2.05, 4.69) is 42.6 Å². The Morgan fingerprint density at radius 1 is 0.778 bits per heavy atom. The van der Waals surface area contributed by atoms with Gasteiger partial charge in [0.25, 0.3) is 0 Å². The summed E-state index contributed by atoms with van der Waals surface area (Å²) < 4.78 is 26.9. The van der Waals surface area contributed by atoms with Crippen molar-refractivity contribution in [3.8, 4) is 11.1 Å². The fourth-order valence-corrected chi connectivity index (χ4v) is 6.92. The number of sulfone groups is 1. The minimum atomic E-state index is -3.53. The molecule has 36 heavy (non-hydrogen) atoms. The molecule has 0 radical (unpaired) electrons. The van der Waals surface area contributed by atoms with Gasteiger partial charge in [-0.25, -0.2) is 8.42 Å². The quantitative estimate of drug-likeness (QED) is 0.415. The van der Waals surface area contributed by atoms with E-state index in [9.17, 15) is 8.42 Å². The first-order chi connectivity index (χ1) is 17.6. The van der Waals surface area contributed by atoms with E-state index in [0.29, 0.717) is 15.7 Å². The van der Waals surface area contributed by atoms with Gasteiger partial charge in [-0.15, -0.1) is 0 Å². The Morgan fingerprint density at radius 2 is 1.47 bits per heavy atom. The summed E-state index contributed by atoms with van der Waals surface area (Å²) in [4.78, 5) is 0.847. The molecule has 0 saturated carbocycles. The van der Waals surface area contributed by atoms with Crippen LogP contribution < -0.4 is 5.32 Å². The summed E-state index contributed by atoms with van der Waals surface area (Å²) in [5.74, 6) is 0.375. The van der Waals surface area contributed by atoms with Crippen LogP contribution in [0.5, 0.6) is 0 Å². The third-order valence-electron chi connectivity index (χ3n) is 7.12. The highest BCUT2D eigenvalue weighted by atomic mass is 32.2. The zero-order valence-corrected chi connectivity index (χ0v) is 21.3. The van der Waals surface area contributed by atoms with E-state index in [4.69, 9.17) is 0 Å². The second kappa shape index (κ2) is 10.5. The Bertz CT molecular complexity index is 1460. The molecule has 0 saturated heterocycles. The van der Waals surface area contributed by atoms with E-state index in [1.54, 1.807) is 24.3 Å². The van der Waals surface area contributed by atoms with E-state index < -0.39 is 9.84 Å². The van der Waals surface area contributed by atoms with Crippen LogP contribution in [-0.4, -0.2) is 8.42 Å². The first-order valence-corrected chi connectivity index (χ1v) is 14.1. The molecule has 4 heteroatoms.